The first-order valence-electron chi connectivity index (χ1n) is 5.08. The number of hydrogen-bond donors (Lipinski definition) is 1. The monoisotopic (exact) mass is 248 g/mol. The summed E-state index contributed by atoms with van der Waals surface area (Å²) in [6.45, 7) is 2.09. The van der Waals surface area contributed by atoms with Crippen molar-refractivity contribution < 1.29 is 9.53 Å². The van der Waals surface area contributed by atoms with E-state index in [1.165, 1.54) is 11.3 Å². The van der Waals surface area contributed by atoms with E-state index in [-0.39, 0.29) is 6.61 Å². The number of aryl methyl sites for hydroxylation is 1. The standard InChI is InChI=1S/C12H12N2O2S/c1-8-3-2-4-10(11(8)13)12(15)16-6-9-5-14-7-17-9/h2-5,7H,6,13H2,1H3. The fourth-order valence-electron chi connectivity index (χ4n) is 1.39. The highest BCUT2D eigenvalue weighted by Crippen LogP contribution is 2.18. The molecule has 4 nitrogen and oxygen atoms in total. The van der Waals surface area contributed by atoms with E-state index >= 15 is 0 Å². The molecule has 2 N–H and O–H groups in total. The number of carbonyl (C=O) groups is 1. The summed E-state index contributed by atoms with van der Waals surface area (Å²) in [7, 11) is 0. The largest absolute Gasteiger partial charge is 0.456 e. The summed E-state index contributed by atoms with van der Waals surface area (Å²) in [6, 6.07) is 5.31. The van der Waals surface area contributed by atoms with Gasteiger partial charge in [0.1, 0.15) is 6.61 Å². The van der Waals surface area contributed by atoms with E-state index in [0.29, 0.717) is 11.3 Å². The lowest BCUT2D eigenvalue weighted by Gasteiger charge is -2.07. The Morgan fingerprint density at radius 3 is 3.06 bits per heavy atom. The van der Waals surface area contributed by atoms with E-state index < -0.39 is 5.97 Å². The lowest BCUT2D eigenvalue weighted by molar-refractivity contribution is 0.0478. The molecule has 0 unspecified atom stereocenters. The Kier molecular flexibility index (Phi) is 3.39. The maximum absolute atomic E-state index is 11.8. The number of rotatable bonds is 3. The average Bonchev–Trinajstić information content (AvgIpc) is 2.82. The minimum atomic E-state index is -0.403. The van der Waals surface area contributed by atoms with Gasteiger partial charge in [-0.3, -0.25) is 4.98 Å². The summed E-state index contributed by atoms with van der Waals surface area (Å²) in [5.41, 5.74) is 9.28. The molecule has 2 aromatic rings. The topological polar surface area (TPSA) is 65.2 Å². The maximum Gasteiger partial charge on any atom is 0.340 e. The molecule has 0 atom stereocenters. The van der Waals surface area contributed by atoms with Crippen molar-refractivity contribution in [3.05, 3.63) is 45.9 Å². The Balaban J connectivity index is 2.07. The Labute approximate surface area is 103 Å². The third-order valence-corrected chi connectivity index (χ3v) is 3.13. The van der Waals surface area contributed by atoms with Crippen LogP contribution in [-0.4, -0.2) is 11.0 Å². The van der Waals surface area contributed by atoms with Gasteiger partial charge in [0.15, 0.2) is 0 Å². The normalized spacial score (nSPS) is 10.2. The van der Waals surface area contributed by atoms with Gasteiger partial charge in [0.2, 0.25) is 0 Å². The SMILES string of the molecule is Cc1cccc(C(=O)OCc2cncs2)c1N. The number of nitrogens with zero attached hydrogens (tertiary/aromatic N) is 1. The number of carbonyl (C=O) groups excluding carboxylic acids is 1. The number of nitrogen functional groups attached to an aromatic ring is 1. The molecule has 0 spiro atoms. The highest BCUT2D eigenvalue weighted by atomic mass is 32.1. The minimum Gasteiger partial charge on any atom is -0.456 e. The lowest BCUT2D eigenvalue weighted by Crippen LogP contribution is -2.08. The second kappa shape index (κ2) is 4.97. The number of para-hydroxylation sites is 1. The van der Waals surface area contributed by atoms with Crippen LogP contribution in [0.4, 0.5) is 5.69 Å². The molecule has 0 aliphatic rings. The molecule has 0 saturated carbocycles. The van der Waals surface area contributed by atoms with Gasteiger partial charge < -0.3 is 10.5 Å². The second-order valence-corrected chi connectivity index (χ2v) is 4.55. The van der Waals surface area contributed by atoms with E-state index in [0.717, 1.165) is 10.4 Å². The lowest BCUT2D eigenvalue weighted by atomic mass is 10.1. The van der Waals surface area contributed by atoms with Crippen LogP contribution in [0.25, 0.3) is 0 Å². The molecule has 0 aliphatic heterocycles. The number of esters is 1. The molecule has 0 fully saturated rings. The number of thiazole rings is 1. The smallest absolute Gasteiger partial charge is 0.340 e. The fourth-order valence-corrected chi connectivity index (χ4v) is 1.89. The van der Waals surface area contributed by atoms with Crippen LogP contribution in [-0.2, 0) is 11.3 Å². The quantitative estimate of drug-likeness (QED) is 0.669. The molecule has 0 saturated heterocycles. The van der Waals surface area contributed by atoms with Crippen molar-refractivity contribution in [1.82, 2.24) is 4.98 Å². The zero-order valence-corrected chi connectivity index (χ0v) is 10.2. The van der Waals surface area contributed by atoms with Crippen LogP contribution in [0.3, 0.4) is 0 Å². The van der Waals surface area contributed by atoms with E-state index in [4.69, 9.17) is 10.5 Å². The molecule has 17 heavy (non-hydrogen) atoms. The molecule has 0 bridgehead atoms. The van der Waals surface area contributed by atoms with Crippen LogP contribution in [0.15, 0.2) is 29.9 Å². The maximum atomic E-state index is 11.8. The number of ether oxygens (including phenoxy) is 1. The third kappa shape index (κ3) is 2.62. The Bertz CT molecular complexity index is 523. The van der Waals surface area contributed by atoms with Crippen LogP contribution < -0.4 is 5.73 Å². The molecule has 0 aliphatic carbocycles. The van der Waals surface area contributed by atoms with Gasteiger partial charge >= 0.3 is 5.97 Å². The van der Waals surface area contributed by atoms with Crippen molar-refractivity contribution in [3.8, 4) is 0 Å². The summed E-state index contributed by atoms with van der Waals surface area (Å²) >= 11 is 1.45. The zero-order chi connectivity index (χ0) is 12.3. The first-order valence-corrected chi connectivity index (χ1v) is 5.96. The van der Waals surface area contributed by atoms with Crippen molar-refractivity contribution in [2.45, 2.75) is 13.5 Å². The van der Waals surface area contributed by atoms with Crippen molar-refractivity contribution in [2.75, 3.05) is 5.73 Å². The Hall–Kier alpha value is -1.88. The number of anilines is 1. The number of benzene rings is 1. The van der Waals surface area contributed by atoms with Crippen LogP contribution >= 0.6 is 11.3 Å². The van der Waals surface area contributed by atoms with E-state index in [9.17, 15) is 4.79 Å². The van der Waals surface area contributed by atoms with Gasteiger partial charge in [-0.15, -0.1) is 11.3 Å². The summed E-state index contributed by atoms with van der Waals surface area (Å²) in [6.07, 6.45) is 1.68. The molecule has 0 radical (unpaired) electrons. The molecule has 5 heteroatoms. The van der Waals surface area contributed by atoms with Gasteiger partial charge in [-0.2, -0.15) is 0 Å². The predicted molar refractivity (Wildman–Crippen MR) is 66.8 cm³/mol. The van der Waals surface area contributed by atoms with E-state index in [1.807, 2.05) is 13.0 Å². The summed E-state index contributed by atoms with van der Waals surface area (Å²) < 4.78 is 5.16. The number of aromatic nitrogens is 1. The van der Waals surface area contributed by atoms with Crippen LogP contribution in [0.1, 0.15) is 20.8 Å². The number of hydrogen-bond acceptors (Lipinski definition) is 5. The van der Waals surface area contributed by atoms with Crippen LogP contribution in [0.5, 0.6) is 0 Å². The van der Waals surface area contributed by atoms with Gasteiger partial charge in [0.25, 0.3) is 0 Å². The van der Waals surface area contributed by atoms with E-state index in [2.05, 4.69) is 4.98 Å². The number of nitrogens with two attached hydrogens (primary N) is 1. The van der Waals surface area contributed by atoms with Crippen molar-refractivity contribution >= 4 is 23.0 Å². The van der Waals surface area contributed by atoms with Gasteiger partial charge in [-0.1, -0.05) is 12.1 Å². The highest BCUT2D eigenvalue weighted by Gasteiger charge is 2.12. The zero-order valence-electron chi connectivity index (χ0n) is 9.34. The second-order valence-electron chi connectivity index (χ2n) is 3.58. The molecule has 2 rings (SSSR count). The summed E-state index contributed by atoms with van der Waals surface area (Å²) in [5.74, 6) is -0.403. The Morgan fingerprint density at radius 1 is 1.53 bits per heavy atom. The van der Waals surface area contributed by atoms with Gasteiger partial charge in [0.05, 0.1) is 16.0 Å². The third-order valence-electron chi connectivity index (χ3n) is 2.37. The molecular weight excluding hydrogens is 236 g/mol. The first kappa shape index (κ1) is 11.6. The van der Waals surface area contributed by atoms with Gasteiger partial charge in [0, 0.05) is 11.9 Å². The molecular formula is C12H12N2O2S. The molecule has 1 aromatic heterocycles. The molecule has 1 heterocycles. The average molecular weight is 248 g/mol. The van der Waals surface area contributed by atoms with Gasteiger partial charge in [-0.25, -0.2) is 4.79 Å². The fraction of sp³-hybridized carbons (Fsp3) is 0.167. The molecule has 1 aromatic carbocycles. The van der Waals surface area contributed by atoms with Crippen molar-refractivity contribution in [3.63, 3.8) is 0 Å². The van der Waals surface area contributed by atoms with E-state index in [1.54, 1.807) is 23.8 Å². The van der Waals surface area contributed by atoms with Crippen molar-refractivity contribution in [1.29, 1.82) is 0 Å². The molecule has 0 amide bonds. The van der Waals surface area contributed by atoms with Crippen LogP contribution in [0.2, 0.25) is 0 Å². The molecule has 88 valence electrons. The Morgan fingerprint density at radius 2 is 2.35 bits per heavy atom. The van der Waals surface area contributed by atoms with Crippen LogP contribution in [0, 0.1) is 6.92 Å². The summed E-state index contributed by atoms with van der Waals surface area (Å²) in [5, 5.41) is 0. The first-order chi connectivity index (χ1) is 8.18. The van der Waals surface area contributed by atoms with Crippen molar-refractivity contribution in [2.24, 2.45) is 0 Å². The minimum absolute atomic E-state index is 0.233. The highest BCUT2D eigenvalue weighted by molar-refractivity contribution is 7.09. The predicted octanol–water partition coefficient (Wildman–Crippen LogP) is 2.39. The summed E-state index contributed by atoms with van der Waals surface area (Å²) in [4.78, 5) is 16.6. The van der Waals surface area contributed by atoms with Gasteiger partial charge in [-0.05, 0) is 18.6 Å².